The average molecular weight is 201 g/mol. The second kappa shape index (κ2) is 2.97. The van der Waals surface area contributed by atoms with Crippen LogP contribution >= 0.6 is 0 Å². The lowest BCUT2D eigenvalue weighted by molar-refractivity contribution is -0.141. The highest BCUT2D eigenvalue weighted by molar-refractivity contribution is 5.77. The highest BCUT2D eigenvalue weighted by atomic mass is 19.4. The summed E-state index contributed by atoms with van der Waals surface area (Å²) in [5, 5.41) is 4.29. The minimum absolute atomic E-state index is 0.393. The van der Waals surface area contributed by atoms with Crippen molar-refractivity contribution < 1.29 is 13.2 Å². The second-order valence-electron chi connectivity index (χ2n) is 2.85. The Kier molecular flexibility index (Phi) is 1.90. The van der Waals surface area contributed by atoms with Crippen LogP contribution in [0.25, 0.3) is 10.9 Å². The predicted molar refractivity (Wildman–Crippen MR) is 43.6 cm³/mol. The Balaban J connectivity index is 2.44. The third-order valence-electron chi connectivity index (χ3n) is 1.78. The Hall–Kier alpha value is -1.59. The molecule has 0 spiro atoms. The molecule has 0 aliphatic heterocycles. The van der Waals surface area contributed by atoms with Crippen molar-refractivity contribution in [3.05, 3.63) is 24.7 Å². The van der Waals surface area contributed by atoms with E-state index in [1.54, 1.807) is 6.07 Å². The van der Waals surface area contributed by atoms with Crippen LogP contribution in [-0.4, -0.2) is 20.9 Å². The summed E-state index contributed by atoms with van der Waals surface area (Å²) in [5.41, 5.74) is 0.393. The van der Waals surface area contributed by atoms with Crippen molar-refractivity contribution in [1.82, 2.24) is 14.8 Å². The Morgan fingerprint density at radius 1 is 1.29 bits per heavy atom. The van der Waals surface area contributed by atoms with Crippen molar-refractivity contribution in [2.45, 2.75) is 12.7 Å². The van der Waals surface area contributed by atoms with Gasteiger partial charge in [-0.2, -0.15) is 18.3 Å². The van der Waals surface area contributed by atoms with E-state index < -0.39 is 12.7 Å². The molecule has 74 valence electrons. The standard InChI is InChI=1S/C8H6F3N3/c9-8(10,11)5-14-7-4-12-2-1-6(7)3-13-14/h1-4H,5H2. The van der Waals surface area contributed by atoms with Gasteiger partial charge in [-0.1, -0.05) is 0 Å². The molecule has 0 saturated carbocycles. The maximum Gasteiger partial charge on any atom is 0.408 e. The van der Waals surface area contributed by atoms with Gasteiger partial charge < -0.3 is 0 Å². The van der Waals surface area contributed by atoms with E-state index in [1.807, 2.05) is 0 Å². The summed E-state index contributed by atoms with van der Waals surface area (Å²) in [6, 6.07) is 1.62. The molecule has 2 rings (SSSR count). The largest absolute Gasteiger partial charge is 0.408 e. The van der Waals surface area contributed by atoms with Crippen molar-refractivity contribution in [3.63, 3.8) is 0 Å². The number of nitrogens with zero attached hydrogens (tertiary/aromatic N) is 3. The van der Waals surface area contributed by atoms with Crippen LogP contribution in [0.2, 0.25) is 0 Å². The molecule has 3 nitrogen and oxygen atoms in total. The number of hydrogen-bond donors (Lipinski definition) is 0. The lowest BCUT2D eigenvalue weighted by atomic mass is 10.3. The number of halogens is 3. The SMILES string of the molecule is FC(F)(F)Cn1ncc2ccncc21. The lowest BCUT2D eigenvalue weighted by Crippen LogP contribution is -2.18. The summed E-state index contributed by atoms with van der Waals surface area (Å²) in [5.74, 6) is 0. The van der Waals surface area contributed by atoms with Gasteiger partial charge in [0, 0.05) is 11.6 Å². The van der Waals surface area contributed by atoms with Gasteiger partial charge in [-0.05, 0) is 6.07 Å². The molecule has 0 N–H and O–H groups in total. The molecular weight excluding hydrogens is 195 g/mol. The summed E-state index contributed by atoms with van der Waals surface area (Å²) < 4.78 is 37.1. The van der Waals surface area contributed by atoms with E-state index in [0.29, 0.717) is 10.9 Å². The zero-order chi connectivity index (χ0) is 10.2. The molecule has 0 aromatic carbocycles. The molecule has 0 atom stereocenters. The molecule has 0 aliphatic rings. The van der Waals surface area contributed by atoms with Gasteiger partial charge >= 0.3 is 6.18 Å². The molecule has 2 aromatic heterocycles. The van der Waals surface area contributed by atoms with E-state index in [4.69, 9.17) is 0 Å². The molecule has 14 heavy (non-hydrogen) atoms. The zero-order valence-electron chi connectivity index (χ0n) is 6.99. The van der Waals surface area contributed by atoms with Gasteiger partial charge in [0.1, 0.15) is 6.54 Å². The zero-order valence-corrected chi connectivity index (χ0v) is 6.99. The maximum atomic E-state index is 12.1. The van der Waals surface area contributed by atoms with Crippen molar-refractivity contribution in [1.29, 1.82) is 0 Å². The summed E-state index contributed by atoms with van der Waals surface area (Å²) in [7, 11) is 0. The van der Waals surface area contributed by atoms with Crippen LogP contribution in [0.1, 0.15) is 0 Å². The molecule has 0 fully saturated rings. The summed E-state index contributed by atoms with van der Waals surface area (Å²) in [6.07, 6.45) is 0.0214. The van der Waals surface area contributed by atoms with Crippen LogP contribution in [0, 0.1) is 0 Å². The van der Waals surface area contributed by atoms with Crippen LogP contribution in [0.5, 0.6) is 0 Å². The molecule has 0 amide bonds. The molecule has 0 saturated heterocycles. The average Bonchev–Trinajstić information content (AvgIpc) is 2.47. The monoisotopic (exact) mass is 201 g/mol. The summed E-state index contributed by atoms with van der Waals surface area (Å²) in [4.78, 5) is 3.75. The van der Waals surface area contributed by atoms with Crippen LogP contribution in [-0.2, 0) is 6.54 Å². The molecule has 0 aliphatic carbocycles. The molecule has 2 heterocycles. The third kappa shape index (κ3) is 1.68. The van der Waals surface area contributed by atoms with E-state index in [0.717, 1.165) is 4.68 Å². The fourth-order valence-electron chi connectivity index (χ4n) is 1.21. The lowest BCUT2D eigenvalue weighted by Gasteiger charge is -2.06. The number of pyridine rings is 1. The van der Waals surface area contributed by atoms with Crippen LogP contribution < -0.4 is 0 Å². The maximum absolute atomic E-state index is 12.1. The molecule has 0 bridgehead atoms. The van der Waals surface area contributed by atoms with E-state index in [1.165, 1.54) is 18.6 Å². The first kappa shape index (κ1) is 8.98. The molecule has 2 aromatic rings. The van der Waals surface area contributed by atoms with Crippen molar-refractivity contribution in [2.75, 3.05) is 0 Å². The quantitative estimate of drug-likeness (QED) is 0.706. The summed E-state index contributed by atoms with van der Waals surface area (Å²) in [6.45, 7) is -1.08. The van der Waals surface area contributed by atoms with Gasteiger partial charge in [0.25, 0.3) is 0 Å². The van der Waals surface area contributed by atoms with Crippen molar-refractivity contribution >= 4 is 10.9 Å². The van der Waals surface area contributed by atoms with Crippen LogP contribution in [0.3, 0.4) is 0 Å². The van der Waals surface area contributed by atoms with Gasteiger partial charge in [-0.25, -0.2) is 0 Å². The second-order valence-corrected chi connectivity index (χ2v) is 2.85. The Morgan fingerprint density at radius 2 is 2.07 bits per heavy atom. The first-order valence-electron chi connectivity index (χ1n) is 3.88. The molecule has 6 heteroatoms. The first-order valence-corrected chi connectivity index (χ1v) is 3.88. The number of fused-ring (bicyclic) bond motifs is 1. The smallest absolute Gasteiger partial charge is 0.262 e. The Bertz CT molecular complexity index is 446. The van der Waals surface area contributed by atoms with Crippen molar-refractivity contribution in [2.24, 2.45) is 0 Å². The number of alkyl halides is 3. The normalized spacial score (nSPS) is 12.2. The Morgan fingerprint density at radius 3 is 2.79 bits per heavy atom. The third-order valence-corrected chi connectivity index (χ3v) is 1.78. The predicted octanol–water partition coefficient (Wildman–Crippen LogP) is 1.99. The number of aromatic nitrogens is 3. The molecule has 0 radical (unpaired) electrons. The van der Waals surface area contributed by atoms with Gasteiger partial charge in [-0.15, -0.1) is 0 Å². The van der Waals surface area contributed by atoms with E-state index >= 15 is 0 Å². The van der Waals surface area contributed by atoms with E-state index in [9.17, 15) is 13.2 Å². The minimum atomic E-state index is -4.26. The number of hydrogen-bond acceptors (Lipinski definition) is 2. The van der Waals surface area contributed by atoms with Gasteiger partial charge in [0.05, 0.1) is 17.9 Å². The topological polar surface area (TPSA) is 30.7 Å². The van der Waals surface area contributed by atoms with Gasteiger partial charge in [-0.3, -0.25) is 9.67 Å². The number of rotatable bonds is 1. The van der Waals surface area contributed by atoms with Gasteiger partial charge in [0.15, 0.2) is 0 Å². The van der Waals surface area contributed by atoms with Crippen LogP contribution in [0.4, 0.5) is 13.2 Å². The Labute approximate surface area is 77.2 Å². The fourth-order valence-corrected chi connectivity index (χ4v) is 1.21. The highest BCUT2D eigenvalue weighted by Gasteiger charge is 2.29. The van der Waals surface area contributed by atoms with E-state index in [2.05, 4.69) is 10.1 Å². The fraction of sp³-hybridized carbons (Fsp3) is 0.250. The van der Waals surface area contributed by atoms with Crippen molar-refractivity contribution in [3.8, 4) is 0 Å². The highest BCUT2D eigenvalue weighted by Crippen LogP contribution is 2.20. The first-order chi connectivity index (χ1) is 6.56. The molecular formula is C8H6F3N3. The van der Waals surface area contributed by atoms with E-state index in [-0.39, 0.29) is 0 Å². The minimum Gasteiger partial charge on any atom is -0.262 e. The molecule has 0 unspecified atom stereocenters. The van der Waals surface area contributed by atoms with Crippen LogP contribution in [0.15, 0.2) is 24.7 Å². The summed E-state index contributed by atoms with van der Waals surface area (Å²) >= 11 is 0. The van der Waals surface area contributed by atoms with Gasteiger partial charge in [0.2, 0.25) is 0 Å².